The lowest BCUT2D eigenvalue weighted by molar-refractivity contribution is -0.105. The van der Waals surface area contributed by atoms with Gasteiger partial charge in [0.2, 0.25) is 6.41 Å². The summed E-state index contributed by atoms with van der Waals surface area (Å²) in [6, 6.07) is 14.0. The quantitative estimate of drug-likeness (QED) is 0.511. The second kappa shape index (κ2) is 9.01. The monoisotopic (exact) mass is 418 g/mol. The summed E-state index contributed by atoms with van der Waals surface area (Å²) in [6.45, 7) is 4.89. The summed E-state index contributed by atoms with van der Waals surface area (Å²) >= 11 is 0. The molecule has 8 heteroatoms. The molecule has 31 heavy (non-hydrogen) atoms. The number of hydrogen-bond donors (Lipinski definition) is 1. The van der Waals surface area contributed by atoms with Crippen LogP contribution in [0.15, 0.2) is 60.9 Å². The number of aromatic nitrogens is 4. The van der Waals surface area contributed by atoms with Crippen molar-refractivity contribution in [1.29, 1.82) is 0 Å². The first kappa shape index (κ1) is 20.6. The number of benzene rings is 2. The van der Waals surface area contributed by atoms with E-state index in [1.165, 1.54) is 35.8 Å². The zero-order valence-corrected chi connectivity index (χ0v) is 17.4. The second-order valence-electron chi connectivity index (χ2n) is 7.67. The zero-order chi connectivity index (χ0) is 21.8. The number of anilines is 1. The summed E-state index contributed by atoms with van der Waals surface area (Å²) in [5.41, 5.74) is 2.53. The van der Waals surface area contributed by atoms with E-state index in [1.54, 1.807) is 12.4 Å². The molecule has 1 amide bonds. The van der Waals surface area contributed by atoms with Crippen LogP contribution in [0.25, 0.3) is 28.3 Å². The van der Waals surface area contributed by atoms with Gasteiger partial charge < -0.3 is 10.2 Å². The van der Waals surface area contributed by atoms with E-state index < -0.39 is 5.82 Å². The highest BCUT2D eigenvalue weighted by Gasteiger charge is 2.16. The zero-order valence-electron chi connectivity index (χ0n) is 17.4. The lowest BCUT2D eigenvalue weighted by Gasteiger charge is -2.33. The smallest absolute Gasteiger partial charge is 0.252 e. The van der Waals surface area contributed by atoms with E-state index >= 15 is 0 Å². The number of amides is 1. The molecule has 158 valence electrons. The molecule has 0 aliphatic carbocycles. The van der Waals surface area contributed by atoms with Crippen LogP contribution in [0.2, 0.25) is 0 Å². The minimum Gasteiger partial charge on any atom is -0.329 e. The number of rotatable bonds is 4. The summed E-state index contributed by atoms with van der Waals surface area (Å²) in [4.78, 5) is 21.4. The van der Waals surface area contributed by atoms with E-state index in [4.69, 9.17) is 0 Å². The van der Waals surface area contributed by atoms with Crippen molar-refractivity contribution >= 4 is 17.9 Å². The van der Waals surface area contributed by atoms with Gasteiger partial charge in [-0.15, -0.1) is 5.10 Å². The minimum atomic E-state index is -0.476. The highest BCUT2D eigenvalue weighted by atomic mass is 19.1. The van der Waals surface area contributed by atoms with Crippen LogP contribution in [0.1, 0.15) is 6.92 Å². The molecule has 1 aliphatic heterocycles. The predicted molar refractivity (Wildman–Crippen MR) is 118 cm³/mol. The average Bonchev–Trinajstić information content (AvgIpc) is 3.19. The van der Waals surface area contributed by atoms with Crippen LogP contribution in [0.3, 0.4) is 0 Å². The van der Waals surface area contributed by atoms with Crippen LogP contribution < -0.4 is 5.32 Å². The van der Waals surface area contributed by atoms with Crippen molar-refractivity contribution in [3.05, 3.63) is 66.7 Å². The van der Waals surface area contributed by atoms with Crippen LogP contribution in [-0.2, 0) is 4.79 Å². The van der Waals surface area contributed by atoms with Crippen LogP contribution in [0.4, 0.5) is 10.1 Å². The molecule has 0 spiro atoms. The number of carbonyl (C=O) groups is 1. The van der Waals surface area contributed by atoms with Crippen molar-refractivity contribution in [3.8, 4) is 22.5 Å². The lowest BCUT2D eigenvalue weighted by Crippen LogP contribution is -2.41. The number of hydrogen-bond acceptors (Lipinski definition) is 5. The molecule has 1 aliphatic rings. The van der Waals surface area contributed by atoms with Crippen molar-refractivity contribution in [3.63, 3.8) is 0 Å². The van der Waals surface area contributed by atoms with Crippen molar-refractivity contribution < 1.29 is 9.18 Å². The summed E-state index contributed by atoms with van der Waals surface area (Å²) in [6.07, 6.45) is 4.02. The Morgan fingerprint density at radius 3 is 2.55 bits per heavy atom. The number of likely N-dealkylation sites (tertiary alicyclic amines) is 1. The maximum Gasteiger partial charge on any atom is 0.252 e. The SMILES string of the molecule is CC1CN(C)C1.O=CNc1ccc(F)c(-c2nc3ncc(-c4ccccc4)cn3n2)c1. The Morgan fingerprint density at radius 1 is 1.13 bits per heavy atom. The molecule has 1 N–H and O–H groups in total. The van der Waals surface area contributed by atoms with Gasteiger partial charge in [-0.2, -0.15) is 4.98 Å². The van der Waals surface area contributed by atoms with Crippen molar-refractivity contribution in [2.45, 2.75) is 6.92 Å². The molecule has 0 unspecified atom stereocenters. The summed E-state index contributed by atoms with van der Waals surface area (Å²) in [5, 5.41) is 6.80. The second-order valence-corrected chi connectivity index (χ2v) is 7.67. The van der Waals surface area contributed by atoms with Crippen LogP contribution in [-0.4, -0.2) is 51.0 Å². The van der Waals surface area contributed by atoms with E-state index in [0.717, 1.165) is 17.0 Å². The summed E-state index contributed by atoms with van der Waals surface area (Å²) in [7, 11) is 2.15. The third-order valence-electron chi connectivity index (χ3n) is 4.98. The number of fused-ring (bicyclic) bond motifs is 1. The van der Waals surface area contributed by atoms with Gasteiger partial charge in [0.25, 0.3) is 5.78 Å². The molecule has 4 aromatic rings. The van der Waals surface area contributed by atoms with Gasteiger partial charge in [-0.3, -0.25) is 4.79 Å². The molecule has 2 aromatic carbocycles. The highest BCUT2D eigenvalue weighted by molar-refractivity contribution is 5.75. The first-order valence-electron chi connectivity index (χ1n) is 10.00. The van der Waals surface area contributed by atoms with E-state index in [-0.39, 0.29) is 11.4 Å². The molecule has 1 saturated heterocycles. The van der Waals surface area contributed by atoms with Gasteiger partial charge in [-0.25, -0.2) is 13.9 Å². The lowest BCUT2D eigenvalue weighted by atomic mass is 10.1. The fourth-order valence-electron chi connectivity index (χ4n) is 3.54. The molecular weight excluding hydrogens is 395 g/mol. The Bertz CT molecular complexity index is 1180. The summed E-state index contributed by atoms with van der Waals surface area (Å²) in [5.74, 6) is 1.05. The largest absolute Gasteiger partial charge is 0.329 e. The first-order valence-corrected chi connectivity index (χ1v) is 10.00. The van der Waals surface area contributed by atoms with Gasteiger partial charge >= 0.3 is 0 Å². The maximum atomic E-state index is 14.1. The molecule has 0 bridgehead atoms. The maximum absolute atomic E-state index is 14.1. The number of carbonyl (C=O) groups excluding carboxylic acids is 1. The van der Waals surface area contributed by atoms with Crippen LogP contribution in [0, 0.1) is 11.7 Å². The minimum absolute atomic E-state index is 0.193. The predicted octanol–water partition coefficient (Wildman–Crippen LogP) is 3.73. The van der Waals surface area contributed by atoms with Gasteiger partial charge in [-0.1, -0.05) is 37.3 Å². The normalized spacial score (nSPS) is 13.9. The van der Waals surface area contributed by atoms with Gasteiger partial charge in [0.1, 0.15) is 5.82 Å². The molecular formula is C23H23FN6O. The van der Waals surface area contributed by atoms with E-state index in [1.807, 2.05) is 30.3 Å². The molecule has 3 heterocycles. The standard InChI is InChI=1S/C18H12FN5O.C5H11N/c19-16-7-6-14(21-11-25)8-15(16)17-22-18-20-9-13(10-24(18)23-17)12-4-2-1-3-5-12;1-5-3-6(2)4-5/h1-11H,(H,21,25);5H,3-4H2,1-2H3. The Balaban J connectivity index is 0.000000334. The van der Waals surface area contributed by atoms with E-state index in [0.29, 0.717) is 17.9 Å². The van der Waals surface area contributed by atoms with Crippen LogP contribution in [0.5, 0.6) is 0 Å². The molecule has 0 atom stereocenters. The average molecular weight is 418 g/mol. The number of nitrogens with one attached hydrogen (secondary N) is 1. The van der Waals surface area contributed by atoms with Crippen molar-refractivity contribution in [2.75, 3.05) is 25.5 Å². The van der Waals surface area contributed by atoms with E-state index in [2.05, 4.69) is 39.3 Å². The molecule has 2 aromatic heterocycles. The van der Waals surface area contributed by atoms with Gasteiger partial charge in [0, 0.05) is 36.7 Å². The molecule has 0 saturated carbocycles. The van der Waals surface area contributed by atoms with E-state index in [9.17, 15) is 9.18 Å². The molecule has 1 fully saturated rings. The Morgan fingerprint density at radius 2 is 1.90 bits per heavy atom. The topological polar surface area (TPSA) is 75.4 Å². The molecule has 5 rings (SSSR count). The first-order chi connectivity index (χ1) is 15.0. The Kier molecular flexibility index (Phi) is 5.99. The summed E-state index contributed by atoms with van der Waals surface area (Å²) < 4.78 is 15.7. The van der Waals surface area contributed by atoms with Gasteiger partial charge in [-0.05, 0) is 36.7 Å². The Labute approximate surface area is 179 Å². The van der Waals surface area contributed by atoms with Crippen molar-refractivity contribution in [1.82, 2.24) is 24.5 Å². The van der Waals surface area contributed by atoms with Gasteiger partial charge in [0.05, 0.1) is 5.56 Å². The third kappa shape index (κ3) is 4.75. The fourth-order valence-corrected chi connectivity index (χ4v) is 3.54. The number of nitrogens with zero attached hydrogens (tertiary/aromatic N) is 5. The van der Waals surface area contributed by atoms with Crippen LogP contribution >= 0.6 is 0 Å². The Hall–Kier alpha value is -3.65. The van der Waals surface area contributed by atoms with Gasteiger partial charge in [0.15, 0.2) is 5.82 Å². The molecule has 0 radical (unpaired) electrons. The number of halogens is 1. The highest BCUT2D eigenvalue weighted by Crippen LogP contribution is 2.24. The third-order valence-corrected chi connectivity index (χ3v) is 4.98. The molecule has 7 nitrogen and oxygen atoms in total. The fraction of sp³-hybridized carbons (Fsp3) is 0.217. The van der Waals surface area contributed by atoms with Crippen molar-refractivity contribution in [2.24, 2.45) is 5.92 Å².